The van der Waals surface area contributed by atoms with Gasteiger partial charge in [0, 0.05) is 5.38 Å². The number of hydrogen-bond acceptors (Lipinski definition) is 6. The summed E-state index contributed by atoms with van der Waals surface area (Å²) < 4.78 is 4.55. The van der Waals surface area contributed by atoms with Crippen molar-refractivity contribution in [3.05, 3.63) is 28.6 Å². The molecule has 0 saturated carbocycles. The lowest BCUT2D eigenvalue weighted by Crippen LogP contribution is -2.39. The molecule has 0 spiro atoms. The van der Waals surface area contributed by atoms with E-state index in [4.69, 9.17) is 0 Å². The van der Waals surface area contributed by atoms with Crippen LogP contribution in [-0.4, -0.2) is 30.0 Å². The molecule has 2 rings (SSSR count). The zero-order valence-corrected chi connectivity index (χ0v) is 12.7. The van der Waals surface area contributed by atoms with Crippen LogP contribution >= 0.6 is 22.7 Å². The number of methoxy groups -OCH3 is 1. The fraction of sp³-hybridized carbons (Fsp3) is 0.308. The number of ether oxygens (including phenoxy) is 1. The first-order valence-corrected chi connectivity index (χ1v) is 7.71. The molecule has 0 aliphatic carbocycles. The predicted octanol–water partition coefficient (Wildman–Crippen LogP) is 2.09. The third-order valence-electron chi connectivity index (χ3n) is 2.56. The maximum atomic E-state index is 11.8. The molecule has 2 aromatic rings. The van der Waals surface area contributed by atoms with Crippen LogP contribution in [0.1, 0.15) is 12.6 Å². The Morgan fingerprint density at radius 1 is 1.45 bits per heavy atom. The van der Waals surface area contributed by atoms with Gasteiger partial charge in [0.15, 0.2) is 0 Å². The number of thiophene rings is 1. The van der Waals surface area contributed by atoms with Crippen LogP contribution in [0.3, 0.4) is 0 Å². The van der Waals surface area contributed by atoms with Crippen molar-refractivity contribution in [3.8, 4) is 9.88 Å². The zero-order valence-electron chi connectivity index (χ0n) is 11.1. The van der Waals surface area contributed by atoms with Crippen molar-refractivity contribution in [2.75, 3.05) is 7.11 Å². The minimum atomic E-state index is -0.650. The van der Waals surface area contributed by atoms with Crippen LogP contribution in [-0.2, 0) is 20.7 Å². The smallest absolute Gasteiger partial charge is 0.328 e. The molecule has 1 unspecified atom stereocenters. The molecule has 0 radical (unpaired) electrons. The molecule has 1 amide bonds. The molecule has 20 heavy (non-hydrogen) atoms. The second-order valence-electron chi connectivity index (χ2n) is 4.11. The molecular weight excluding hydrogens is 296 g/mol. The van der Waals surface area contributed by atoms with E-state index in [-0.39, 0.29) is 12.3 Å². The van der Waals surface area contributed by atoms with Crippen LogP contribution in [0.4, 0.5) is 0 Å². The van der Waals surface area contributed by atoms with Crippen molar-refractivity contribution in [3.63, 3.8) is 0 Å². The number of nitrogens with one attached hydrogen (secondary N) is 1. The Hall–Kier alpha value is -1.73. The highest BCUT2D eigenvalue weighted by atomic mass is 32.1. The number of rotatable bonds is 5. The largest absolute Gasteiger partial charge is 0.467 e. The molecule has 0 saturated heterocycles. The SMILES string of the molecule is COC(=O)C(C)NC(=O)Cc1csc(-c2cccs2)n1. The standard InChI is InChI=1S/C13H14N2O3S2/c1-8(13(17)18-2)14-11(16)6-9-7-20-12(15-9)10-4-3-5-19-10/h3-5,7-8H,6H2,1-2H3,(H,14,16). The normalized spacial score (nSPS) is 11.9. The number of amides is 1. The van der Waals surface area contributed by atoms with Crippen molar-refractivity contribution in [1.29, 1.82) is 0 Å². The molecule has 0 aliphatic heterocycles. The molecule has 2 heterocycles. The molecule has 7 heteroatoms. The molecule has 1 N–H and O–H groups in total. The summed E-state index contributed by atoms with van der Waals surface area (Å²) in [4.78, 5) is 28.5. The van der Waals surface area contributed by atoms with E-state index in [1.165, 1.54) is 18.4 Å². The maximum Gasteiger partial charge on any atom is 0.328 e. The van der Waals surface area contributed by atoms with Gasteiger partial charge >= 0.3 is 5.97 Å². The molecule has 0 aliphatic rings. The highest BCUT2D eigenvalue weighted by molar-refractivity contribution is 7.20. The predicted molar refractivity (Wildman–Crippen MR) is 78.8 cm³/mol. The highest BCUT2D eigenvalue weighted by Gasteiger charge is 2.17. The Balaban J connectivity index is 1.94. The van der Waals surface area contributed by atoms with E-state index in [1.54, 1.807) is 18.3 Å². The average Bonchev–Trinajstić information content (AvgIpc) is 3.07. The fourth-order valence-corrected chi connectivity index (χ4v) is 3.23. The summed E-state index contributed by atoms with van der Waals surface area (Å²) in [5.41, 5.74) is 0.702. The van der Waals surface area contributed by atoms with Gasteiger partial charge in [-0.25, -0.2) is 9.78 Å². The van der Waals surface area contributed by atoms with Gasteiger partial charge in [0.2, 0.25) is 5.91 Å². The second kappa shape index (κ2) is 6.62. The van der Waals surface area contributed by atoms with Gasteiger partial charge in [-0.05, 0) is 18.4 Å². The fourth-order valence-electron chi connectivity index (χ4n) is 1.59. The van der Waals surface area contributed by atoms with E-state index in [0.29, 0.717) is 5.69 Å². The van der Waals surface area contributed by atoms with Crippen molar-refractivity contribution in [2.24, 2.45) is 0 Å². The van der Waals surface area contributed by atoms with Crippen molar-refractivity contribution in [2.45, 2.75) is 19.4 Å². The summed E-state index contributed by atoms with van der Waals surface area (Å²) >= 11 is 3.12. The van der Waals surface area contributed by atoms with Gasteiger partial charge in [0.25, 0.3) is 0 Å². The van der Waals surface area contributed by atoms with Crippen molar-refractivity contribution < 1.29 is 14.3 Å². The number of esters is 1. The van der Waals surface area contributed by atoms with Gasteiger partial charge in [-0.3, -0.25) is 4.79 Å². The summed E-state index contributed by atoms with van der Waals surface area (Å²) in [6, 6.07) is 3.31. The first kappa shape index (κ1) is 14.7. The van der Waals surface area contributed by atoms with E-state index >= 15 is 0 Å². The Kier molecular flexibility index (Phi) is 4.86. The maximum absolute atomic E-state index is 11.8. The monoisotopic (exact) mass is 310 g/mol. The number of carbonyl (C=O) groups is 2. The van der Waals surface area contributed by atoms with E-state index in [2.05, 4.69) is 15.0 Å². The average molecular weight is 310 g/mol. The molecule has 1 atom stereocenters. The number of carbonyl (C=O) groups excluding carboxylic acids is 2. The molecule has 0 fully saturated rings. The lowest BCUT2D eigenvalue weighted by Gasteiger charge is -2.10. The Morgan fingerprint density at radius 3 is 2.90 bits per heavy atom. The van der Waals surface area contributed by atoms with Gasteiger partial charge in [-0.2, -0.15) is 0 Å². The molecule has 5 nitrogen and oxygen atoms in total. The summed E-state index contributed by atoms with van der Waals surface area (Å²) in [7, 11) is 1.29. The first-order chi connectivity index (χ1) is 9.60. The van der Waals surface area contributed by atoms with Gasteiger partial charge in [0.05, 0.1) is 24.1 Å². The van der Waals surface area contributed by atoms with Gasteiger partial charge < -0.3 is 10.1 Å². The second-order valence-corrected chi connectivity index (χ2v) is 5.92. The number of hydrogen-bond donors (Lipinski definition) is 1. The number of nitrogens with zero attached hydrogens (tertiary/aromatic N) is 1. The number of aromatic nitrogens is 1. The topological polar surface area (TPSA) is 68.3 Å². The van der Waals surface area contributed by atoms with E-state index < -0.39 is 12.0 Å². The van der Waals surface area contributed by atoms with Gasteiger partial charge in [-0.15, -0.1) is 22.7 Å². The third-order valence-corrected chi connectivity index (χ3v) is 4.49. The van der Waals surface area contributed by atoms with Crippen LogP contribution in [0.25, 0.3) is 9.88 Å². The lowest BCUT2D eigenvalue weighted by molar-refractivity contribution is -0.144. The van der Waals surface area contributed by atoms with Crippen LogP contribution < -0.4 is 5.32 Å². The van der Waals surface area contributed by atoms with Crippen molar-refractivity contribution in [1.82, 2.24) is 10.3 Å². The Labute approximate surface area is 124 Å². The molecule has 106 valence electrons. The minimum Gasteiger partial charge on any atom is -0.467 e. The summed E-state index contributed by atoms with van der Waals surface area (Å²) in [5.74, 6) is -0.707. The summed E-state index contributed by atoms with van der Waals surface area (Å²) in [6.45, 7) is 1.59. The molecule has 0 aromatic carbocycles. The molecule has 0 bridgehead atoms. The molecule has 2 aromatic heterocycles. The van der Waals surface area contributed by atoms with Crippen LogP contribution in [0.2, 0.25) is 0 Å². The van der Waals surface area contributed by atoms with E-state index in [9.17, 15) is 9.59 Å². The quantitative estimate of drug-likeness (QED) is 0.859. The number of thiazole rings is 1. The highest BCUT2D eigenvalue weighted by Crippen LogP contribution is 2.27. The summed E-state index contributed by atoms with van der Waals surface area (Å²) in [5, 5.41) is 7.33. The first-order valence-electron chi connectivity index (χ1n) is 5.95. The Morgan fingerprint density at radius 2 is 2.25 bits per heavy atom. The van der Waals surface area contributed by atoms with Crippen LogP contribution in [0, 0.1) is 0 Å². The van der Waals surface area contributed by atoms with E-state index in [1.807, 2.05) is 22.9 Å². The van der Waals surface area contributed by atoms with Crippen LogP contribution in [0.5, 0.6) is 0 Å². The molecular formula is C13H14N2O3S2. The van der Waals surface area contributed by atoms with Crippen molar-refractivity contribution >= 4 is 34.6 Å². The third kappa shape index (κ3) is 3.64. The lowest BCUT2D eigenvalue weighted by atomic mass is 10.3. The van der Waals surface area contributed by atoms with Gasteiger partial charge in [0.1, 0.15) is 11.0 Å². The summed E-state index contributed by atoms with van der Waals surface area (Å²) in [6.07, 6.45) is 0.156. The van der Waals surface area contributed by atoms with E-state index in [0.717, 1.165) is 9.88 Å². The Bertz CT molecular complexity index is 593. The van der Waals surface area contributed by atoms with Gasteiger partial charge in [-0.1, -0.05) is 6.07 Å². The minimum absolute atomic E-state index is 0.156. The zero-order chi connectivity index (χ0) is 14.5. The van der Waals surface area contributed by atoms with Crippen LogP contribution in [0.15, 0.2) is 22.9 Å².